The van der Waals surface area contributed by atoms with Crippen molar-refractivity contribution in [2.75, 3.05) is 17.7 Å². The monoisotopic (exact) mass is 435 g/mol. The minimum Gasteiger partial charge on any atom is -0.373 e. The van der Waals surface area contributed by atoms with Crippen LogP contribution in [0, 0.1) is 0 Å². The lowest BCUT2D eigenvalue weighted by Crippen LogP contribution is -2.39. The van der Waals surface area contributed by atoms with Crippen LogP contribution in [0.25, 0.3) is 5.65 Å². The molecule has 3 heterocycles. The van der Waals surface area contributed by atoms with Crippen LogP contribution in [-0.4, -0.2) is 38.2 Å². The average molecular weight is 436 g/mol. The summed E-state index contributed by atoms with van der Waals surface area (Å²) >= 11 is 0. The third kappa shape index (κ3) is 3.83. The van der Waals surface area contributed by atoms with Crippen molar-refractivity contribution in [1.82, 2.24) is 24.5 Å². The molecule has 3 N–H and O–H groups in total. The summed E-state index contributed by atoms with van der Waals surface area (Å²) in [5.41, 5.74) is 1.28. The smallest absolute Gasteiger partial charge is 0.274 e. The topological polar surface area (TPSA) is 105 Å². The zero-order chi connectivity index (χ0) is 22.1. The quantitative estimate of drug-likeness (QED) is 0.548. The Hall–Kier alpha value is -3.36. The van der Waals surface area contributed by atoms with Crippen LogP contribution in [0.3, 0.4) is 0 Å². The van der Waals surface area contributed by atoms with Gasteiger partial charge >= 0.3 is 0 Å². The lowest BCUT2D eigenvalue weighted by molar-refractivity contribution is 0.0918. The summed E-state index contributed by atoms with van der Waals surface area (Å²) in [4.78, 5) is 30.6. The van der Waals surface area contributed by atoms with Crippen molar-refractivity contribution in [3.05, 3.63) is 46.5 Å². The van der Waals surface area contributed by atoms with Gasteiger partial charge < -0.3 is 20.5 Å². The maximum Gasteiger partial charge on any atom is 0.274 e. The molecule has 32 heavy (non-hydrogen) atoms. The molecule has 5 rings (SSSR count). The molecule has 2 saturated carbocycles. The summed E-state index contributed by atoms with van der Waals surface area (Å²) in [6.07, 6.45) is 12.2. The zero-order valence-electron chi connectivity index (χ0n) is 18.3. The van der Waals surface area contributed by atoms with Crippen molar-refractivity contribution < 1.29 is 4.79 Å². The van der Waals surface area contributed by atoms with E-state index in [1.165, 1.54) is 6.42 Å². The lowest BCUT2D eigenvalue weighted by Gasteiger charge is -2.26. The molecule has 3 aromatic rings. The number of carbonyl (C=O) groups is 1. The third-order valence-corrected chi connectivity index (χ3v) is 6.62. The third-order valence-electron chi connectivity index (χ3n) is 6.62. The summed E-state index contributed by atoms with van der Waals surface area (Å²) in [6.45, 7) is 0. The van der Waals surface area contributed by atoms with Crippen molar-refractivity contribution in [2.24, 2.45) is 0 Å². The number of carbonyl (C=O) groups excluding carboxylic acids is 1. The number of fused-ring (bicyclic) bond motifs is 1. The van der Waals surface area contributed by atoms with E-state index in [0.717, 1.165) is 44.9 Å². The van der Waals surface area contributed by atoms with Gasteiger partial charge in [-0.15, -0.1) is 0 Å². The van der Waals surface area contributed by atoms with E-state index in [9.17, 15) is 9.59 Å². The minimum atomic E-state index is -0.171. The Morgan fingerprint density at radius 1 is 1.12 bits per heavy atom. The van der Waals surface area contributed by atoms with Gasteiger partial charge in [-0.05, 0) is 44.2 Å². The minimum absolute atomic E-state index is 0.0523. The number of amides is 1. The van der Waals surface area contributed by atoms with Crippen LogP contribution in [0.5, 0.6) is 0 Å². The van der Waals surface area contributed by atoms with Gasteiger partial charge in [0, 0.05) is 31.4 Å². The van der Waals surface area contributed by atoms with E-state index >= 15 is 0 Å². The molecule has 9 nitrogen and oxygen atoms in total. The van der Waals surface area contributed by atoms with E-state index in [0.29, 0.717) is 28.5 Å². The summed E-state index contributed by atoms with van der Waals surface area (Å²) in [5.74, 6) is 0.984. The van der Waals surface area contributed by atoms with E-state index in [-0.39, 0.29) is 23.6 Å². The van der Waals surface area contributed by atoms with Crippen molar-refractivity contribution in [3.8, 4) is 0 Å². The number of anilines is 3. The van der Waals surface area contributed by atoms with Gasteiger partial charge in [0.25, 0.3) is 11.5 Å². The second-order valence-electron chi connectivity index (χ2n) is 8.72. The Labute approximate surface area is 186 Å². The number of nitrogens with zero attached hydrogens (tertiary/aromatic N) is 4. The molecule has 0 unspecified atom stereocenters. The van der Waals surface area contributed by atoms with Gasteiger partial charge in [0.05, 0.1) is 6.20 Å². The van der Waals surface area contributed by atoms with E-state index in [2.05, 4.69) is 26.0 Å². The van der Waals surface area contributed by atoms with E-state index in [1.54, 1.807) is 29.9 Å². The Morgan fingerprint density at radius 2 is 1.94 bits per heavy atom. The highest BCUT2D eigenvalue weighted by Gasteiger charge is 2.24. The molecule has 2 aliphatic carbocycles. The van der Waals surface area contributed by atoms with Crippen molar-refractivity contribution in [3.63, 3.8) is 0 Å². The van der Waals surface area contributed by atoms with Crippen LogP contribution in [0.1, 0.15) is 67.8 Å². The van der Waals surface area contributed by atoms with Crippen molar-refractivity contribution >= 4 is 28.9 Å². The first-order valence-corrected chi connectivity index (χ1v) is 11.5. The molecule has 0 aromatic carbocycles. The predicted octanol–water partition coefficient (Wildman–Crippen LogP) is 3.46. The van der Waals surface area contributed by atoms with E-state index in [1.807, 2.05) is 16.8 Å². The Kier molecular flexibility index (Phi) is 5.55. The fraction of sp³-hybridized carbons (Fsp3) is 0.478. The van der Waals surface area contributed by atoms with Gasteiger partial charge in [-0.3, -0.25) is 9.59 Å². The summed E-state index contributed by atoms with van der Waals surface area (Å²) in [6, 6.07) is 5.92. The molecule has 0 atom stereocenters. The molecular formula is C23H29N7O2. The maximum absolute atomic E-state index is 13.2. The number of hydrogen-bond donors (Lipinski definition) is 3. The van der Waals surface area contributed by atoms with Crippen molar-refractivity contribution in [2.45, 2.75) is 63.5 Å². The number of nitrogens with one attached hydrogen (secondary N) is 3. The van der Waals surface area contributed by atoms with Gasteiger partial charge in [0.2, 0.25) is 0 Å². The highest BCUT2D eigenvalue weighted by Crippen LogP contribution is 2.27. The van der Waals surface area contributed by atoms with Gasteiger partial charge in [-0.2, -0.15) is 9.61 Å². The Morgan fingerprint density at radius 3 is 2.66 bits per heavy atom. The molecule has 0 aliphatic heterocycles. The van der Waals surface area contributed by atoms with Crippen LogP contribution in [-0.2, 0) is 0 Å². The summed E-state index contributed by atoms with van der Waals surface area (Å²) in [7, 11) is 1.78. The van der Waals surface area contributed by atoms with E-state index < -0.39 is 0 Å². The Bertz CT molecular complexity index is 1190. The highest BCUT2D eigenvalue weighted by molar-refractivity contribution is 6.00. The standard InChI is InChI=1S/C23H29N7O2/c1-24-20-13-19(27-18-11-6-12-29(23(18)32)16-9-3-2-4-10-16)28-21-17(14-25-30(20)21)22(31)26-15-7-5-8-15/h6,11-16,24H,2-5,7-10H2,1H3,(H,26,31)(H,27,28). The second kappa shape index (κ2) is 8.64. The molecule has 2 fully saturated rings. The van der Waals surface area contributed by atoms with Crippen LogP contribution >= 0.6 is 0 Å². The highest BCUT2D eigenvalue weighted by atomic mass is 16.2. The van der Waals surface area contributed by atoms with Crippen LogP contribution in [0.2, 0.25) is 0 Å². The SMILES string of the molecule is CNc1cc(Nc2cccn(C3CCCCC3)c2=O)nc2c(C(=O)NC3CCC3)cnn12. The van der Waals surface area contributed by atoms with Crippen LogP contribution in [0.15, 0.2) is 35.4 Å². The largest absolute Gasteiger partial charge is 0.373 e. The first-order valence-electron chi connectivity index (χ1n) is 11.5. The number of rotatable bonds is 6. The lowest BCUT2D eigenvalue weighted by atomic mass is 9.93. The first-order chi connectivity index (χ1) is 15.6. The molecule has 2 aliphatic rings. The van der Waals surface area contributed by atoms with Gasteiger partial charge in [-0.1, -0.05) is 19.3 Å². The molecule has 1 amide bonds. The Balaban J connectivity index is 1.47. The first kappa shape index (κ1) is 20.5. The molecule has 168 valence electrons. The molecule has 9 heteroatoms. The number of aromatic nitrogens is 4. The van der Waals surface area contributed by atoms with Crippen molar-refractivity contribution in [1.29, 1.82) is 0 Å². The van der Waals surface area contributed by atoms with Gasteiger partial charge in [0.1, 0.15) is 22.9 Å². The predicted molar refractivity (Wildman–Crippen MR) is 124 cm³/mol. The van der Waals surface area contributed by atoms with Gasteiger partial charge in [-0.25, -0.2) is 4.98 Å². The van der Waals surface area contributed by atoms with Crippen LogP contribution in [0.4, 0.5) is 17.3 Å². The summed E-state index contributed by atoms with van der Waals surface area (Å²) in [5, 5.41) is 13.7. The average Bonchev–Trinajstić information content (AvgIpc) is 3.22. The number of pyridine rings is 1. The van der Waals surface area contributed by atoms with Crippen LogP contribution < -0.4 is 21.5 Å². The maximum atomic E-state index is 13.2. The zero-order valence-corrected chi connectivity index (χ0v) is 18.3. The van der Waals surface area contributed by atoms with E-state index in [4.69, 9.17) is 0 Å². The fourth-order valence-electron chi connectivity index (χ4n) is 4.57. The molecule has 0 bridgehead atoms. The molecule has 0 saturated heterocycles. The summed E-state index contributed by atoms with van der Waals surface area (Å²) < 4.78 is 3.45. The second-order valence-corrected chi connectivity index (χ2v) is 8.72. The fourth-order valence-corrected chi connectivity index (χ4v) is 4.57. The molecule has 0 spiro atoms. The molecule has 0 radical (unpaired) electrons. The normalized spacial score (nSPS) is 17.2. The molecule has 3 aromatic heterocycles. The van der Waals surface area contributed by atoms with Gasteiger partial charge in [0.15, 0.2) is 5.65 Å². The molecular weight excluding hydrogens is 406 g/mol. The number of hydrogen-bond acceptors (Lipinski definition) is 6.